The molecule has 2 aromatic rings. The molecule has 1 aromatic carbocycles. The number of aryl methyl sites for hydroxylation is 1. The Morgan fingerprint density at radius 2 is 1.95 bits per heavy atom. The van der Waals surface area contributed by atoms with Crippen LogP contribution in [0.25, 0.3) is 10.9 Å². The number of fused-ring (bicyclic) bond motifs is 1. The monoisotopic (exact) mass is 257 g/mol. The van der Waals surface area contributed by atoms with Gasteiger partial charge in [0, 0.05) is 30.1 Å². The summed E-state index contributed by atoms with van der Waals surface area (Å²) in [6.45, 7) is 8.15. The molecule has 2 heteroatoms. The van der Waals surface area contributed by atoms with Crippen molar-refractivity contribution in [2.75, 3.05) is 6.54 Å². The van der Waals surface area contributed by atoms with Gasteiger partial charge in [-0.15, -0.1) is 0 Å². The summed E-state index contributed by atoms with van der Waals surface area (Å²) in [5.41, 5.74) is 8.87. The molecule has 3 rings (SSSR count). The summed E-state index contributed by atoms with van der Waals surface area (Å²) in [6, 6.07) is 8.82. The average molecular weight is 257 g/mol. The van der Waals surface area contributed by atoms with E-state index in [0.29, 0.717) is 11.3 Å². The molecule has 2 atom stereocenters. The van der Waals surface area contributed by atoms with Gasteiger partial charge >= 0.3 is 0 Å². The molecular weight excluding hydrogens is 232 g/mol. The summed E-state index contributed by atoms with van der Waals surface area (Å²) in [5, 5.41) is 1.45. The molecule has 0 radical (unpaired) electrons. The van der Waals surface area contributed by atoms with Crippen LogP contribution in [0.4, 0.5) is 0 Å². The number of rotatable bonds is 3. The van der Waals surface area contributed by atoms with Crippen LogP contribution in [0, 0.1) is 18.3 Å². The lowest BCUT2D eigenvalue weighted by Gasteiger charge is -2.04. The van der Waals surface area contributed by atoms with Crippen molar-refractivity contribution in [2.45, 2.75) is 33.1 Å². The van der Waals surface area contributed by atoms with Crippen molar-refractivity contribution in [1.29, 1.82) is 0 Å². The summed E-state index contributed by atoms with van der Waals surface area (Å²) in [5.74, 6) is 1.51. The van der Waals surface area contributed by atoms with Crippen LogP contribution in [0.15, 0.2) is 24.3 Å². The van der Waals surface area contributed by atoms with Crippen molar-refractivity contribution in [3.8, 4) is 0 Å². The van der Waals surface area contributed by atoms with Gasteiger partial charge < -0.3 is 10.3 Å². The maximum atomic E-state index is 4.04. The number of nitrogens with zero attached hydrogens (tertiary/aromatic N) is 1. The maximum Gasteiger partial charge on any atom is 0.0742 e. The second-order valence-corrected chi connectivity index (χ2v) is 6.62. The second-order valence-electron chi connectivity index (χ2n) is 6.62. The van der Waals surface area contributed by atoms with Gasteiger partial charge in [-0.25, -0.2) is 0 Å². The van der Waals surface area contributed by atoms with E-state index in [9.17, 15) is 0 Å². The molecule has 0 aliphatic heterocycles. The smallest absolute Gasteiger partial charge is 0.0742 e. The van der Waals surface area contributed by atoms with E-state index in [-0.39, 0.29) is 0 Å². The topological polar surface area (TPSA) is 32.6 Å². The first-order chi connectivity index (χ1) is 9.00. The average Bonchev–Trinajstić information content (AvgIpc) is 2.81. The fourth-order valence-corrected chi connectivity index (χ4v) is 4.02. The van der Waals surface area contributed by atoms with Crippen molar-refractivity contribution in [2.24, 2.45) is 18.4 Å². The first kappa shape index (κ1) is 12.7. The lowest BCUT2D eigenvalue weighted by molar-refractivity contribution is -0.369. The summed E-state index contributed by atoms with van der Waals surface area (Å²) >= 11 is 0. The molecule has 1 fully saturated rings. The van der Waals surface area contributed by atoms with E-state index < -0.39 is 0 Å². The molecule has 1 heterocycles. The second kappa shape index (κ2) is 4.11. The number of quaternary nitrogens is 1. The maximum absolute atomic E-state index is 4.04. The molecule has 1 aliphatic rings. The van der Waals surface area contributed by atoms with Crippen LogP contribution in [0.5, 0.6) is 0 Å². The predicted octanol–water partition coefficient (Wildman–Crippen LogP) is 2.86. The number of hydrogen-bond donors (Lipinski definition) is 1. The van der Waals surface area contributed by atoms with Crippen LogP contribution in [-0.4, -0.2) is 11.1 Å². The van der Waals surface area contributed by atoms with Gasteiger partial charge in [0.1, 0.15) is 0 Å². The molecule has 1 saturated carbocycles. The standard InChI is InChI=1S/C17H24N2/c1-11-15(16-13(9-10-18)17(16,2)3)12-7-5-6-8-14(12)19(11)4/h5-8,13,16H,9-10,18H2,1-4H3/p+1/t13-,16+/m1/s1. The normalized spacial score (nSPS) is 24.9. The first-order valence-corrected chi connectivity index (χ1v) is 7.33. The zero-order chi connectivity index (χ0) is 13.8. The third-order valence-corrected chi connectivity index (χ3v) is 5.33. The van der Waals surface area contributed by atoms with E-state index >= 15 is 0 Å². The minimum absolute atomic E-state index is 0.437. The molecule has 19 heavy (non-hydrogen) atoms. The SMILES string of the molecule is Cc1c([C@@H]2[C@@H](CC[NH3+])C2(C)C)c2ccccc2n1C. The molecule has 0 spiro atoms. The molecule has 0 amide bonds. The molecule has 3 N–H and O–H groups in total. The van der Waals surface area contributed by atoms with Crippen molar-refractivity contribution in [3.63, 3.8) is 0 Å². The summed E-state index contributed by atoms with van der Waals surface area (Å²) in [7, 11) is 2.19. The summed E-state index contributed by atoms with van der Waals surface area (Å²) < 4.78 is 2.35. The first-order valence-electron chi connectivity index (χ1n) is 7.33. The van der Waals surface area contributed by atoms with Gasteiger partial charge in [-0.1, -0.05) is 32.0 Å². The van der Waals surface area contributed by atoms with E-state index in [1.807, 2.05) is 0 Å². The third-order valence-electron chi connectivity index (χ3n) is 5.33. The number of aromatic nitrogens is 1. The Bertz CT molecular complexity index is 621. The number of para-hydroxylation sites is 1. The lowest BCUT2D eigenvalue weighted by Crippen LogP contribution is -2.50. The van der Waals surface area contributed by atoms with Crippen molar-refractivity contribution < 1.29 is 5.73 Å². The van der Waals surface area contributed by atoms with E-state index in [4.69, 9.17) is 0 Å². The lowest BCUT2D eigenvalue weighted by atomic mass is 10.0. The minimum atomic E-state index is 0.437. The van der Waals surface area contributed by atoms with E-state index in [0.717, 1.165) is 12.5 Å². The molecule has 102 valence electrons. The van der Waals surface area contributed by atoms with Crippen LogP contribution in [0.1, 0.15) is 37.4 Å². The zero-order valence-corrected chi connectivity index (χ0v) is 12.5. The number of hydrogen-bond acceptors (Lipinski definition) is 0. The fraction of sp³-hybridized carbons (Fsp3) is 0.529. The molecule has 1 aromatic heterocycles. The van der Waals surface area contributed by atoms with Gasteiger partial charge in [-0.05, 0) is 35.8 Å². The van der Waals surface area contributed by atoms with Gasteiger partial charge in [-0.2, -0.15) is 0 Å². The van der Waals surface area contributed by atoms with Crippen molar-refractivity contribution in [3.05, 3.63) is 35.5 Å². The number of benzene rings is 1. The largest absolute Gasteiger partial charge is 0.358 e. The minimum Gasteiger partial charge on any atom is -0.358 e. The van der Waals surface area contributed by atoms with Gasteiger partial charge in [0.25, 0.3) is 0 Å². The molecule has 2 nitrogen and oxygen atoms in total. The van der Waals surface area contributed by atoms with Crippen LogP contribution in [0.2, 0.25) is 0 Å². The van der Waals surface area contributed by atoms with Gasteiger partial charge in [0.2, 0.25) is 0 Å². The molecule has 1 aliphatic carbocycles. The van der Waals surface area contributed by atoms with Gasteiger partial charge in [0.05, 0.1) is 6.54 Å². The quantitative estimate of drug-likeness (QED) is 0.877. The van der Waals surface area contributed by atoms with Crippen LogP contribution >= 0.6 is 0 Å². The van der Waals surface area contributed by atoms with E-state index in [1.54, 1.807) is 5.56 Å². The molecular formula is C17H25N2+. The highest BCUT2D eigenvalue weighted by Crippen LogP contribution is 2.67. The Morgan fingerprint density at radius 3 is 2.63 bits per heavy atom. The van der Waals surface area contributed by atoms with Crippen LogP contribution in [0.3, 0.4) is 0 Å². The Kier molecular flexibility index (Phi) is 2.75. The van der Waals surface area contributed by atoms with Crippen molar-refractivity contribution in [1.82, 2.24) is 4.57 Å². The highest BCUT2D eigenvalue weighted by Gasteiger charge is 2.58. The van der Waals surface area contributed by atoms with Crippen LogP contribution < -0.4 is 5.73 Å². The highest BCUT2D eigenvalue weighted by atomic mass is 15.0. The molecule has 0 bridgehead atoms. The van der Waals surface area contributed by atoms with E-state index in [2.05, 4.69) is 62.4 Å². The van der Waals surface area contributed by atoms with Gasteiger partial charge in [0.15, 0.2) is 0 Å². The highest BCUT2D eigenvalue weighted by molar-refractivity contribution is 5.86. The van der Waals surface area contributed by atoms with E-state index in [1.165, 1.54) is 23.0 Å². The molecule has 0 unspecified atom stereocenters. The fourth-order valence-electron chi connectivity index (χ4n) is 4.02. The Morgan fingerprint density at radius 1 is 1.26 bits per heavy atom. The summed E-state index contributed by atoms with van der Waals surface area (Å²) in [6.07, 6.45) is 1.25. The van der Waals surface area contributed by atoms with Gasteiger partial charge in [-0.3, -0.25) is 0 Å². The van der Waals surface area contributed by atoms with Crippen LogP contribution in [-0.2, 0) is 7.05 Å². The Labute approximate surface area is 115 Å². The summed E-state index contributed by atoms with van der Waals surface area (Å²) in [4.78, 5) is 0. The zero-order valence-electron chi connectivity index (χ0n) is 12.5. The Balaban J connectivity index is 2.14. The third kappa shape index (κ3) is 1.66. The Hall–Kier alpha value is -1.28. The van der Waals surface area contributed by atoms with Crippen molar-refractivity contribution >= 4 is 10.9 Å². The molecule has 0 saturated heterocycles. The predicted molar refractivity (Wildman–Crippen MR) is 80.0 cm³/mol.